The minimum Gasteiger partial charge on any atom is -0.346 e. The molecule has 6 nitrogen and oxygen atoms in total. The van der Waals surface area contributed by atoms with Gasteiger partial charge in [-0.3, -0.25) is 19.3 Å². The highest BCUT2D eigenvalue weighted by molar-refractivity contribution is 6.30. The van der Waals surface area contributed by atoms with Crippen LogP contribution in [0.4, 0.5) is 0 Å². The standard InChI is InChI=1S/C16H26ClN5O/c1-19-6-5-16(4-3-15(19)23)13-21(8-7-20(16)2)9-10-22-12-14(17)11-18-22/h11-12H,3-10,13H2,1-2H3. The van der Waals surface area contributed by atoms with E-state index in [-0.39, 0.29) is 11.4 Å². The Kier molecular flexibility index (Phi) is 4.94. The first-order valence-electron chi connectivity index (χ1n) is 8.34. The maximum absolute atomic E-state index is 12.0. The summed E-state index contributed by atoms with van der Waals surface area (Å²) >= 11 is 5.92. The molecule has 3 heterocycles. The molecule has 2 saturated heterocycles. The van der Waals surface area contributed by atoms with Crippen molar-refractivity contribution in [2.24, 2.45) is 0 Å². The van der Waals surface area contributed by atoms with Crippen molar-refractivity contribution in [3.8, 4) is 0 Å². The predicted octanol–water partition coefficient (Wildman–Crippen LogP) is 1.16. The molecule has 1 atom stereocenters. The Hall–Kier alpha value is -1.11. The van der Waals surface area contributed by atoms with Gasteiger partial charge in [-0.25, -0.2) is 0 Å². The third-order valence-corrected chi connectivity index (χ3v) is 5.66. The molecule has 2 aliphatic heterocycles. The molecule has 0 aromatic carbocycles. The van der Waals surface area contributed by atoms with Crippen LogP contribution in [0.2, 0.25) is 5.02 Å². The Morgan fingerprint density at radius 1 is 1.22 bits per heavy atom. The van der Waals surface area contributed by atoms with Gasteiger partial charge < -0.3 is 4.90 Å². The number of hydrogen-bond acceptors (Lipinski definition) is 4. The van der Waals surface area contributed by atoms with E-state index >= 15 is 0 Å². The van der Waals surface area contributed by atoms with Crippen molar-refractivity contribution in [3.05, 3.63) is 17.4 Å². The maximum Gasteiger partial charge on any atom is 0.222 e. The van der Waals surface area contributed by atoms with E-state index in [0.717, 1.165) is 52.1 Å². The zero-order valence-electron chi connectivity index (χ0n) is 14.0. The zero-order chi connectivity index (χ0) is 16.4. The summed E-state index contributed by atoms with van der Waals surface area (Å²) in [5.74, 6) is 0.276. The van der Waals surface area contributed by atoms with Gasteiger partial charge in [-0.15, -0.1) is 0 Å². The maximum atomic E-state index is 12.0. The molecule has 1 spiro atoms. The normalized spacial score (nSPS) is 27.6. The van der Waals surface area contributed by atoms with E-state index in [1.807, 2.05) is 22.8 Å². The minimum absolute atomic E-state index is 0.125. The van der Waals surface area contributed by atoms with Crippen molar-refractivity contribution in [1.82, 2.24) is 24.5 Å². The molecule has 2 aliphatic rings. The highest BCUT2D eigenvalue weighted by Gasteiger charge is 2.41. The summed E-state index contributed by atoms with van der Waals surface area (Å²) in [7, 11) is 4.13. The van der Waals surface area contributed by atoms with E-state index in [1.165, 1.54) is 0 Å². The molecule has 1 aromatic heterocycles. The lowest BCUT2D eigenvalue weighted by Gasteiger charge is -2.49. The topological polar surface area (TPSA) is 44.6 Å². The number of likely N-dealkylation sites (N-methyl/N-ethyl adjacent to an activating group) is 1. The second-order valence-electron chi connectivity index (χ2n) is 6.91. The molecule has 0 N–H and O–H groups in total. The van der Waals surface area contributed by atoms with Crippen LogP contribution in [0, 0.1) is 0 Å². The summed E-state index contributed by atoms with van der Waals surface area (Å²) in [6, 6.07) is 0. The molecule has 1 amide bonds. The second-order valence-corrected chi connectivity index (χ2v) is 7.35. The molecule has 23 heavy (non-hydrogen) atoms. The van der Waals surface area contributed by atoms with E-state index < -0.39 is 0 Å². The van der Waals surface area contributed by atoms with Crippen molar-refractivity contribution >= 4 is 17.5 Å². The number of rotatable bonds is 3. The van der Waals surface area contributed by atoms with Crippen LogP contribution in [-0.4, -0.2) is 82.7 Å². The molecular weight excluding hydrogens is 314 g/mol. The molecule has 0 aliphatic carbocycles. The summed E-state index contributed by atoms with van der Waals surface area (Å²) in [4.78, 5) is 18.9. The molecule has 0 radical (unpaired) electrons. The van der Waals surface area contributed by atoms with Crippen LogP contribution in [0.25, 0.3) is 0 Å². The van der Waals surface area contributed by atoms with Crippen LogP contribution < -0.4 is 0 Å². The Labute approximate surface area is 143 Å². The van der Waals surface area contributed by atoms with Crippen molar-refractivity contribution in [2.75, 3.05) is 46.8 Å². The summed E-state index contributed by atoms with van der Waals surface area (Å²) in [6.45, 7) is 5.82. The quantitative estimate of drug-likeness (QED) is 0.829. The number of likely N-dealkylation sites (tertiary alicyclic amines) is 1. The average molecular weight is 340 g/mol. The van der Waals surface area contributed by atoms with Crippen LogP contribution >= 0.6 is 11.6 Å². The monoisotopic (exact) mass is 339 g/mol. The van der Waals surface area contributed by atoms with E-state index in [1.54, 1.807) is 6.20 Å². The van der Waals surface area contributed by atoms with Gasteiger partial charge >= 0.3 is 0 Å². The number of hydrogen-bond donors (Lipinski definition) is 0. The van der Waals surface area contributed by atoms with Crippen molar-refractivity contribution in [3.63, 3.8) is 0 Å². The first-order chi connectivity index (χ1) is 11.0. The number of halogens is 1. The van der Waals surface area contributed by atoms with Crippen molar-refractivity contribution in [2.45, 2.75) is 31.3 Å². The number of piperazine rings is 1. The van der Waals surface area contributed by atoms with Crippen LogP contribution in [0.1, 0.15) is 19.3 Å². The van der Waals surface area contributed by atoms with Crippen molar-refractivity contribution < 1.29 is 4.79 Å². The SMILES string of the molecule is CN1CCC2(CCC1=O)CN(CCn1cc(Cl)cn1)CCN2C. The Bertz CT molecular complexity index is 562. The number of carbonyl (C=O) groups excluding carboxylic acids is 1. The van der Waals surface area contributed by atoms with E-state index in [4.69, 9.17) is 11.6 Å². The molecule has 1 unspecified atom stereocenters. The fourth-order valence-corrected chi connectivity index (χ4v) is 3.89. The van der Waals surface area contributed by atoms with Crippen LogP contribution in [0.5, 0.6) is 0 Å². The first-order valence-corrected chi connectivity index (χ1v) is 8.72. The number of aromatic nitrogens is 2. The summed E-state index contributed by atoms with van der Waals surface area (Å²) < 4.78 is 1.90. The number of nitrogens with zero attached hydrogens (tertiary/aromatic N) is 5. The van der Waals surface area contributed by atoms with Gasteiger partial charge in [0.15, 0.2) is 0 Å². The van der Waals surface area contributed by atoms with Gasteiger partial charge in [0.1, 0.15) is 0 Å². The van der Waals surface area contributed by atoms with E-state index in [0.29, 0.717) is 11.4 Å². The molecule has 3 rings (SSSR count). The fraction of sp³-hybridized carbons (Fsp3) is 0.750. The number of carbonyl (C=O) groups is 1. The van der Waals surface area contributed by atoms with Crippen LogP contribution in [0.15, 0.2) is 12.4 Å². The highest BCUT2D eigenvalue weighted by Crippen LogP contribution is 2.31. The third kappa shape index (κ3) is 3.70. The fourth-order valence-electron chi connectivity index (χ4n) is 3.74. The lowest BCUT2D eigenvalue weighted by molar-refractivity contribution is -0.129. The van der Waals surface area contributed by atoms with Gasteiger partial charge in [-0.2, -0.15) is 5.10 Å². The average Bonchev–Trinajstić information content (AvgIpc) is 2.90. The van der Waals surface area contributed by atoms with E-state index in [2.05, 4.69) is 21.9 Å². The zero-order valence-corrected chi connectivity index (χ0v) is 14.8. The van der Waals surface area contributed by atoms with E-state index in [9.17, 15) is 4.79 Å². The summed E-state index contributed by atoms with van der Waals surface area (Å²) in [6.07, 6.45) is 6.21. The van der Waals surface area contributed by atoms with Crippen LogP contribution in [0.3, 0.4) is 0 Å². The summed E-state index contributed by atoms with van der Waals surface area (Å²) in [5.41, 5.74) is 0.125. The van der Waals surface area contributed by atoms with Gasteiger partial charge in [-0.05, 0) is 19.9 Å². The Balaban J connectivity index is 1.63. The largest absolute Gasteiger partial charge is 0.346 e. The van der Waals surface area contributed by atoms with Gasteiger partial charge in [0.2, 0.25) is 5.91 Å². The van der Waals surface area contributed by atoms with Gasteiger partial charge in [0.05, 0.1) is 17.8 Å². The Morgan fingerprint density at radius 2 is 2.04 bits per heavy atom. The smallest absolute Gasteiger partial charge is 0.222 e. The highest BCUT2D eigenvalue weighted by atomic mass is 35.5. The second kappa shape index (κ2) is 6.79. The number of amides is 1. The first kappa shape index (κ1) is 16.7. The molecule has 7 heteroatoms. The minimum atomic E-state index is 0.125. The molecule has 128 valence electrons. The van der Waals surface area contributed by atoms with Crippen molar-refractivity contribution in [1.29, 1.82) is 0 Å². The lowest BCUT2D eigenvalue weighted by Crippen LogP contribution is -2.61. The molecule has 1 aromatic rings. The molecular formula is C16H26ClN5O. The van der Waals surface area contributed by atoms with Gasteiger partial charge in [-0.1, -0.05) is 11.6 Å². The molecule has 0 saturated carbocycles. The summed E-state index contributed by atoms with van der Waals surface area (Å²) in [5, 5.41) is 4.94. The van der Waals surface area contributed by atoms with Gasteiger partial charge in [0, 0.05) is 57.9 Å². The third-order valence-electron chi connectivity index (χ3n) is 5.47. The Morgan fingerprint density at radius 3 is 2.78 bits per heavy atom. The van der Waals surface area contributed by atoms with Gasteiger partial charge in [0.25, 0.3) is 0 Å². The predicted molar refractivity (Wildman–Crippen MR) is 90.5 cm³/mol. The van der Waals surface area contributed by atoms with Crippen LogP contribution in [-0.2, 0) is 11.3 Å². The molecule has 0 bridgehead atoms. The molecule has 2 fully saturated rings. The lowest BCUT2D eigenvalue weighted by atomic mass is 9.86.